The van der Waals surface area contributed by atoms with Gasteiger partial charge in [-0.15, -0.1) is 0 Å². The number of nitrogens with zero attached hydrogens (tertiary/aromatic N) is 4. The van der Waals surface area contributed by atoms with Crippen molar-refractivity contribution in [3.8, 4) is 0 Å². The van der Waals surface area contributed by atoms with E-state index in [1.54, 1.807) is 4.90 Å². The van der Waals surface area contributed by atoms with Crippen molar-refractivity contribution in [2.24, 2.45) is 0 Å². The topological polar surface area (TPSA) is 61.4 Å². The number of rotatable bonds is 3. The fraction of sp³-hybridized carbons (Fsp3) is 0.667. The first-order valence-corrected chi connectivity index (χ1v) is 7.37. The third kappa shape index (κ3) is 2.80. The van der Waals surface area contributed by atoms with Gasteiger partial charge < -0.3 is 15.1 Å². The van der Waals surface area contributed by atoms with Gasteiger partial charge in [-0.25, -0.2) is 9.97 Å². The van der Waals surface area contributed by atoms with E-state index in [1.165, 1.54) is 0 Å². The number of amides is 1. The lowest BCUT2D eigenvalue weighted by atomic mass is 9.98. The van der Waals surface area contributed by atoms with Crippen molar-refractivity contribution in [1.29, 1.82) is 0 Å². The van der Waals surface area contributed by atoms with Crippen LogP contribution in [-0.4, -0.2) is 53.5 Å². The number of piperazine rings is 1. The van der Waals surface area contributed by atoms with Gasteiger partial charge in [0.1, 0.15) is 23.0 Å². The molecule has 1 N–H and O–H groups in total. The van der Waals surface area contributed by atoms with Crippen molar-refractivity contribution >= 4 is 17.5 Å². The van der Waals surface area contributed by atoms with Crippen LogP contribution in [0.25, 0.3) is 0 Å². The Balaban J connectivity index is 2.45. The molecular weight excluding hydrogens is 266 g/mol. The summed E-state index contributed by atoms with van der Waals surface area (Å²) in [6.45, 7) is 9.51. The summed E-state index contributed by atoms with van der Waals surface area (Å²) in [5, 5.41) is 3.08. The summed E-state index contributed by atoms with van der Waals surface area (Å²) in [6, 6.07) is 1.91. The van der Waals surface area contributed by atoms with Crippen molar-refractivity contribution < 1.29 is 4.79 Å². The van der Waals surface area contributed by atoms with E-state index >= 15 is 0 Å². The molecule has 0 spiro atoms. The van der Waals surface area contributed by atoms with Gasteiger partial charge in [-0.2, -0.15) is 0 Å². The molecule has 1 fully saturated rings. The Morgan fingerprint density at radius 2 is 1.95 bits per heavy atom. The van der Waals surface area contributed by atoms with Crippen LogP contribution in [0.15, 0.2) is 6.07 Å². The summed E-state index contributed by atoms with van der Waals surface area (Å²) < 4.78 is 0. The van der Waals surface area contributed by atoms with Crippen LogP contribution in [0.4, 0.5) is 11.6 Å². The normalized spacial score (nSPS) is 18.3. The number of hydrogen-bond acceptors (Lipinski definition) is 5. The number of hydrogen-bond donors (Lipinski definition) is 1. The van der Waals surface area contributed by atoms with Crippen molar-refractivity contribution in [3.63, 3.8) is 0 Å². The number of nitrogens with one attached hydrogen (secondary N) is 1. The van der Waals surface area contributed by atoms with Crippen molar-refractivity contribution in [2.75, 3.05) is 37.4 Å². The van der Waals surface area contributed by atoms with E-state index in [4.69, 9.17) is 0 Å². The minimum Gasteiger partial charge on any atom is -0.373 e. The molecule has 0 bridgehead atoms. The zero-order chi connectivity index (χ0) is 15.8. The summed E-state index contributed by atoms with van der Waals surface area (Å²) in [5.74, 6) is 2.74. The lowest BCUT2D eigenvalue weighted by molar-refractivity contribution is -0.136. The average Bonchev–Trinajstić information content (AvgIpc) is 2.44. The highest BCUT2D eigenvalue weighted by Gasteiger charge is 2.41. The van der Waals surface area contributed by atoms with E-state index in [1.807, 2.05) is 34.0 Å². The zero-order valence-corrected chi connectivity index (χ0v) is 13.8. The maximum absolute atomic E-state index is 12.4. The van der Waals surface area contributed by atoms with Crippen LogP contribution in [0, 0.1) is 0 Å². The van der Waals surface area contributed by atoms with E-state index in [2.05, 4.69) is 34.0 Å². The molecular formula is C15H25N5O. The molecule has 1 aromatic heterocycles. The van der Waals surface area contributed by atoms with Gasteiger partial charge >= 0.3 is 0 Å². The van der Waals surface area contributed by atoms with Crippen LogP contribution >= 0.6 is 0 Å². The fourth-order valence-corrected chi connectivity index (χ4v) is 2.59. The van der Waals surface area contributed by atoms with Crippen LogP contribution in [0.1, 0.15) is 39.4 Å². The fourth-order valence-electron chi connectivity index (χ4n) is 2.59. The monoisotopic (exact) mass is 291 g/mol. The van der Waals surface area contributed by atoms with Gasteiger partial charge in [0.05, 0.1) is 0 Å². The van der Waals surface area contributed by atoms with Gasteiger partial charge in [0, 0.05) is 39.2 Å². The Labute approximate surface area is 126 Å². The second kappa shape index (κ2) is 5.50. The number of carbonyl (C=O) groups excluding carboxylic acids is 1. The first kappa shape index (κ1) is 15.5. The van der Waals surface area contributed by atoms with E-state index < -0.39 is 5.54 Å². The molecule has 1 aliphatic rings. The highest BCUT2D eigenvalue weighted by atomic mass is 16.2. The minimum absolute atomic E-state index is 0.115. The molecule has 0 aromatic carbocycles. The molecule has 1 aromatic rings. The standard InChI is InChI=1S/C15H25N5O/c1-10(2)13-17-11(16-5)9-12(18-13)20-8-7-19(6)14(21)15(20,3)4/h9-10H,7-8H2,1-6H3,(H,16,17,18). The Bertz CT molecular complexity index is 541. The first-order valence-electron chi connectivity index (χ1n) is 7.37. The molecule has 0 saturated carbocycles. The molecule has 6 heteroatoms. The van der Waals surface area contributed by atoms with Crippen LogP contribution in [0.3, 0.4) is 0 Å². The van der Waals surface area contributed by atoms with Gasteiger partial charge in [0.15, 0.2) is 0 Å². The molecule has 0 atom stereocenters. The van der Waals surface area contributed by atoms with Crippen LogP contribution < -0.4 is 10.2 Å². The van der Waals surface area contributed by atoms with Crippen molar-refractivity contribution in [1.82, 2.24) is 14.9 Å². The smallest absolute Gasteiger partial charge is 0.247 e. The van der Waals surface area contributed by atoms with Crippen molar-refractivity contribution in [3.05, 3.63) is 11.9 Å². The quantitative estimate of drug-likeness (QED) is 0.918. The third-order valence-electron chi connectivity index (χ3n) is 3.98. The lowest BCUT2D eigenvalue weighted by Crippen LogP contribution is -2.62. The molecule has 2 rings (SSSR count). The van der Waals surface area contributed by atoms with Crippen molar-refractivity contribution in [2.45, 2.75) is 39.2 Å². The summed E-state index contributed by atoms with van der Waals surface area (Å²) in [4.78, 5) is 25.4. The largest absolute Gasteiger partial charge is 0.373 e. The predicted molar refractivity (Wildman–Crippen MR) is 84.7 cm³/mol. The van der Waals surface area contributed by atoms with E-state index in [0.717, 1.165) is 24.0 Å². The highest BCUT2D eigenvalue weighted by molar-refractivity contribution is 5.90. The predicted octanol–water partition coefficient (Wildman–Crippen LogP) is 1.70. The maximum Gasteiger partial charge on any atom is 0.247 e. The Hall–Kier alpha value is -1.85. The van der Waals surface area contributed by atoms with Crippen LogP contribution in [0.2, 0.25) is 0 Å². The SMILES string of the molecule is CNc1cc(N2CCN(C)C(=O)C2(C)C)nc(C(C)C)n1. The van der Waals surface area contributed by atoms with E-state index in [9.17, 15) is 4.79 Å². The summed E-state index contributed by atoms with van der Waals surface area (Å²) in [7, 11) is 3.69. The second-order valence-electron chi connectivity index (χ2n) is 6.31. The lowest BCUT2D eigenvalue weighted by Gasteiger charge is -2.45. The third-order valence-corrected chi connectivity index (χ3v) is 3.98. The number of carbonyl (C=O) groups is 1. The summed E-state index contributed by atoms with van der Waals surface area (Å²) in [5.41, 5.74) is -0.597. The van der Waals surface area contributed by atoms with Gasteiger partial charge in [-0.3, -0.25) is 4.79 Å². The molecule has 1 amide bonds. The highest BCUT2D eigenvalue weighted by Crippen LogP contribution is 2.29. The Morgan fingerprint density at radius 3 is 2.52 bits per heavy atom. The molecule has 0 radical (unpaired) electrons. The minimum atomic E-state index is -0.597. The molecule has 0 aliphatic carbocycles. The molecule has 0 unspecified atom stereocenters. The number of likely N-dealkylation sites (N-methyl/N-ethyl adjacent to an activating group) is 1. The molecule has 21 heavy (non-hydrogen) atoms. The zero-order valence-electron chi connectivity index (χ0n) is 13.8. The molecule has 2 heterocycles. The maximum atomic E-state index is 12.4. The number of anilines is 2. The summed E-state index contributed by atoms with van der Waals surface area (Å²) >= 11 is 0. The Kier molecular flexibility index (Phi) is 4.07. The van der Waals surface area contributed by atoms with Gasteiger partial charge in [-0.05, 0) is 13.8 Å². The van der Waals surface area contributed by atoms with Gasteiger partial charge in [0.2, 0.25) is 5.91 Å². The van der Waals surface area contributed by atoms with Crippen LogP contribution in [0.5, 0.6) is 0 Å². The second-order valence-corrected chi connectivity index (χ2v) is 6.31. The van der Waals surface area contributed by atoms with E-state index in [-0.39, 0.29) is 11.8 Å². The average molecular weight is 291 g/mol. The van der Waals surface area contributed by atoms with Gasteiger partial charge in [0.25, 0.3) is 0 Å². The summed E-state index contributed by atoms with van der Waals surface area (Å²) in [6.07, 6.45) is 0. The Morgan fingerprint density at radius 1 is 1.29 bits per heavy atom. The van der Waals surface area contributed by atoms with E-state index in [0.29, 0.717) is 6.54 Å². The molecule has 116 valence electrons. The van der Waals surface area contributed by atoms with Crippen LogP contribution in [-0.2, 0) is 4.79 Å². The van der Waals surface area contributed by atoms with Gasteiger partial charge in [-0.1, -0.05) is 13.8 Å². The molecule has 6 nitrogen and oxygen atoms in total. The first-order chi connectivity index (χ1) is 9.77. The molecule has 1 saturated heterocycles. The number of aromatic nitrogens is 2. The molecule has 1 aliphatic heterocycles.